The van der Waals surface area contributed by atoms with Gasteiger partial charge >= 0.3 is 0 Å². The molecule has 26 heavy (non-hydrogen) atoms. The molecule has 5 nitrogen and oxygen atoms in total. The number of aromatic amines is 1. The quantitative estimate of drug-likeness (QED) is 0.719. The number of pyridine rings is 1. The zero-order chi connectivity index (χ0) is 17.8. The fourth-order valence-electron chi connectivity index (χ4n) is 3.35. The van der Waals surface area contributed by atoms with Crippen molar-refractivity contribution in [3.05, 3.63) is 47.4 Å². The third-order valence-electron chi connectivity index (χ3n) is 4.79. The van der Waals surface area contributed by atoms with E-state index in [0.717, 1.165) is 68.5 Å². The summed E-state index contributed by atoms with van der Waals surface area (Å²) in [5.74, 6) is 1.06. The van der Waals surface area contributed by atoms with Gasteiger partial charge in [-0.25, -0.2) is 4.98 Å². The Bertz CT molecular complexity index is 837. The van der Waals surface area contributed by atoms with Gasteiger partial charge in [-0.05, 0) is 49.0 Å². The van der Waals surface area contributed by atoms with Crippen molar-refractivity contribution >= 4 is 11.3 Å². The van der Waals surface area contributed by atoms with E-state index in [1.807, 2.05) is 24.5 Å². The Balaban J connectivity index is 1.54. The monoisotopic (exact) mass is 368 g/mol. The van der Waals surface area contributed by atoms with Crippen LogP contribution >= 0.6 is 11.3 Å². The van der Waals surface area contributed by atoms with Crippen LogP contribution in [-0.2, 0) is 11.2 Å². The fraction of sp³-hybridized carbons (Fsp3) is 0.400. The predicted octanol–water partition coefficient (Wildman–Crippen LogP) is 3.77. The van der Waals surface area contributed by atoms with Crippen LogP contribution in [0.3, 0.4) is 0 Å². The van der Waals surface area contributed by atoms with E-state index < -0.39 is 0 Å². The van der Waals surface area contributed by atoms with E-state index in [4.69, 9.17) is 9.72 Å². The molecule has 3 aromatic heterocycles. The fourth-order valence-corrected chi connectivity index (χ4v) is 4.28. The molecule has 1 N–H and O–H groups in total. The van der Waals surface area contributed by atoms with E-state index in [9.17, 15) is 0 Å². The minimum atomic E-state index is 0.856. The van der Waals surface area contributed by atoms with Gasteiger partial charge in [0.15, 0.2) is 0 Å². The number of H-pyrrole nitrogens is 1. The van der Waals surface area contributed by atoms with Crippen molar-refractivity contribution in [3.63, 3.8) is 0 Å². The van der Waals surface area contributed by atoms with E-state index >= 15 is 0 Å². The van der Waals surface area contributed by atoms with Gasteiger partial charge in [-0.1, -0.05) is 0 Å². The Kier molecular flexibility index (Phi) is 5.43. The Labute approximate surface area is 158 Å². The minimum Gasteiger partial charge on any atom is -0.379 e. The van der Waals surface area contributed by atoms with Crippen molar-refractivity contribution in [2.45, 2.75) is 19.8 Å². The minimum absolute atomic E-state index is 0.856. The Hall–Kier alpha value is -2.02. The molecular formula is C20H24N4OS. The molecule has 0 bridgehead atoms. The molecule has 1 saturated heterocycles. The van der Waals surface area contributed by atoms with E-state index in [2.05, 4.69) is 33.2 Å². The number of rotatable bonds is 6. The number of morpholine rings is 1. The summed E-state index contributed by atoms with van der Waals surface area (Å²) >= 11 is 1.76. The van der Waals surface area contributed by atoms with Crippen molar-refractivity contribution in [2.75, 3.05) is 32.8 Å². The van der Waals surface area contributed by atoms with Crippen molar-refractivity contribution in [1.29, 1.82) is 0 Å². The lowest BCUT2D eigenvalue weighted by Crippen LogP contribution is -2.36. The van der Waals surface area contributed by atoms with Gasteiger partial charge < -0.3 is 9.72 Å². The molecule has 1 aliphatic heterocycles. The number of aromatic nitrogens is 3. The van der Waals surface area contributed by atoms with Gasteiger partial charge in [0, 0.05) is 37.5 Å². The molecule has 0 amide bonds. The molecule has 0 spiro atoms. The zero-order valence-electron chi connectivity index (χ0n) is 15.1. The summed E-state index contributed by atoms with van der Waals surface area (Å²) in [6.45, 7) is 7.05. The van der Waals surface area contributed by atoms with Crippen LogP contribution in [0.2, 0.25) is 0 Å². The lowest BCUT2D eigenvalue weighted by atomic mass is 10.1. The summed E-state index contributed by atoms with van der Waals surface area (Å²) in [4.78, 5) is 16.4. The average Bonchev–Trinajstić information content (AvgIpc) is 3.29. The first-order valence-electron chi connectivity index (χ1n) is 9.15. The molecule has 0 saturated carbocycles. The molecule has 136 valence electrons. The summed E-state index contributed by atoms with van der Waals surface area (Å²) in [5, 5.41) is 2.14. The van der Waals surface area contributed by atoms with Crippen LogP contribution in [0.1, 0.15) is 17.8 Å². The highest BCUT2D eigenvalue weighted by molar-refractivity contribution is 7.13. The second kappa shape index (κ2) is 8.12. The predicted molar refractivity (Wildman–Crippen MR) is 105 cm³/mol. The highest BCUT2D eigenvalue weighted by atomic mass is 32.1. The lowest BCUT2D eigenvalue weighted by Gasteiger charge is -2.26. The van der Waals surface area contributed by atoms with Crippen LogP contribution in [0.25, 0.3) is 21.8 Å². The molecule has 0 unspecified atom stereocenters. The molecule has 1 aliphatic rings. The Morgan fingerprint density at radius 1 is 1.19 bits per heavy atom. The maximum Gasteiger partial charge on any atom is 0.107 e. The average molecular weight is 369 g/mol. The molecule has 3 aromatic rings. The third-order valence-corrected chi connectivity index (χ3v) is 5.82. The maximum absolute atomic E-state index is 5.42. The smallest absolute Gasteiger partial charge is 0.107 e. The lowest BCUT2D eigenvalue weighted by molar-refractivity contribution is 0.0374. The summed E-state index contributed by atoms with van der Waals surface area (Å²) in [6, 6.07) is 6.22. The topological polar surface area (TPSA) is 54.0 Å². The first-order chi connectivity index (χ1) is 12.8. The number of imidazole rings is 1. The number of nitrogens with zero attached hydrogens (tertiary/aromatic N) is 3. The number of ether oxygens (including phenoxy) is 1. The van der Waals surface area contributed by atoms with Crippen LogP contribution in [0, 0.1) is 6.92 Å². The molecule has 0 radical (unpaired) electrons. The second-order valence-electron chi connectivity index (χ2n) is 6.63. The van der Waals surface area contributed by atoms with Gasteiger partial charge in [0.05, 0.1) is 29.5 Å². The summed E-state index contributed by atoms with van der Waals surface area (Å²) in [7, 11) is 0. The normalized spacial score (nSPS) is 15.4. The number of hydrogen-bond donors (Lipinski definition) is 1. The molecule has 6 heteroatoms. The highest BCUT2D eigenvalue weighted by Crippen LogP contribution is 2.35. The second-order valence-corrected chi connectivity index (χ2v) is 7.55. The summed E-state index contributed by atoms with van der Waals surface area (Å²) in [5.41, 5.74) is 4.55. The molecule has 0 aromatic carbocycles. The van der Waals surface area contributed by atoms with Crippen LogP contribution in [-0.4, -0.2) is 52.7 Å². The van der Waals surface area contributed by atoms with Gasteiger partial charge in [-0.2, -0.15) is 0 Å². The first-order valence-corrected chi connectivity index (χ1v) is 10.0. The molecule has 4 rings (SSSR count). The number of thiophene rings is 1. The van der Waals surface area contributed by atoms with Gasteiger partial charge in [-0.15, -0.1) is 11.3 Å². The Morgan fingerprint density at radius 2 is 2.00 bits per heavy atom. The molecule has 0 atom stereocenters. The van der Waals surface area contributed by atoms with Crippen molar-refractivity contribution in [2.24, 2.45) is 0 Å². The van der Waals surface area contributed by atoms with Crippen molar-refractivity contribution in [1.82, 2.24) is 19.9 Å². The molecule has 1 fully saturated rings. The van der Waals surface area contributed by atoms with E-state index in [1.54, 1.807) is 11.3 Å². The van der Waals surface area contributed by atoms with Crippen LogP contribution < -0.4 is 0 Å². The summed E-state index contributed by atoms with van der Waals surface area (Å²) in [6.07, 6.45) is 5.71. The van der Waals surface area contributed by atoms with Gasteiger partial charge in [0.1, 0.15) is 5.82 Å². The first kappa shape index (κ1) is 17.4. The number of nitrogens with one attached hydrogen (secondary N) is 1. The molecule has 4 heterocycles. The molecule has 0 aliphatic carbocycles. The zero-order valence-corrected chi connectivity index (χ0v) is 15.9. The standard InChI is InChI=1S/C20H24N4OS/c1-15-6-14-26-20(15)19-18(16-4-7-21-8-5-16)22-17(23-19)3-2-9-24-10-12-25-13-11-24/h4-8,14H,2-3,9-13H2,1H3,(H,22,23). The van der Waals surface area contributed by atoms with Crippen LogP contribution in [0.15, 0.2) is 36.0 Å². The van der Waals surface area contributed by atoms with Gasteiger partial charge in [0.25, 0.3) is 0 Å². The van der Waals surface area contributed by atoms with E-state index in [0.29, 0.717) is 0 Å². The van der Waals surface area contributed by atoms with Crippen LogP contribution in [0.5, 0.6) is 0 Å². The van der Waals surface area contributed by atoms with Gasteiger partial charge in [-0.3, -0.25) is 9.88 Å². The van der Waals surface area contributed by atoms with Gasteiger partial charge in [0.2, 0.25) is 0 Å². The number of hydrogen-bond acceptors (Lipinski definition) is 5. The summed E-state index contributed by atoms with van der Waals surface area (Å²) < 4.78 is 5.42. The SMILES string of the molecule is Cc1ccsc1-c1[nH]c(CCCN2CCOCC2)nc1-c1ccncc1. The Morgan fingerprint density at radius 3 is 2.73 bits per heavy atom. The van der Waals surface area contributed by atoms with Crippen molar-refractivity contribution < 1.29 is 4.74 Å². The highest BCUT2D eigenvalue weighted by Gasteiger charge is 2.17. The van der Waals surface area contributed by atoms with Crippen molar-refractivity contribution in [3.8, 4) is 21.8 Å². The number of aryl methyl sites for hydroxylation is 2. The molecular weight excluding hydrogens is 344 g/mol. The van der Waals surface area contributed by atoms with E-state index in [1.165, 1.54) is 10.4 Å². The largest absolute Gasteiger partial charge is 0.379 e. The van der Waals surface area contributed by atoms with Crippen LogP contribution in [0.4, 0.5) is 0 Å². The third kappa shape index (κ3) is 3.87. The van der Waals surface area contributed by atoms with E-state index in [-0.39, 0.29) is 0 Å². The maximum atomic E-state index is 5.42.